The smallest absolute Gasteiger partial charge is 0.258 e. The molecule has 1 atom stereocenters. The van der Waals surface area contributed by atoms with Crippen LogP contribution in [-0.4, -0.2) is 29.3 Å². The summed E-state index contributed by atoms with van der Waals surface area (Å²) < 4.78 is 33.3. The van der Waals surface area contributed by atoms with Gasteiger partial charge in [0.25, 0.3) is 5.91 Å². The Morgan fingerprint density at radius 2 is 2.00 bits per heavy atom. The lowest BCUT2D eigenvalue weighted by Gasteiger charge is -2.17. The van der Waals surface area contributed by atoms with Gasteiger partial charge in [0, 0.05) is 30.2 Å². The van der Waals surface area contributed by atoms with Crippen molar-refractivity contribution in [2.75, 3.05) is 11.4 Å². The van der Waals surface area contributed by atoms with Crippen molar-refractivity contribution in [1.29, 1.82) is 0 Å². The third-order valence-corrected chi connectivity index (χ3v) is 5.45. The maximum atomic E-state index is 14.0. The third-order valence-electron chi connectivity index (χ3n) is 5.45. The first kappa shape index (κ1) is 18.4. The maximum absolute atomic E-state index is 14.0. The third kappa shape index (κ3) is 2.94. The predicted molar refractivity (Wildman–Crippen MR) is 101 cm³/mol. The fraction of sp³-hybridized carbons (Fsp3) is 0.238. The largest absolute Gasteiger partial charge is 0.440 e. The number of hydrogen-bond donors (Lipinski definition) is 1. The number of anilines is 1. The van der Waals surface area contributed by atoms with Crippen molar-refractivity contribution in [3.8, 4) is 0 Å². The minimum absolute atomic E-state index is 0.176. The highest BCUT2D eigenvalue weighted by atomic mass is 19.1. The van der Waals surface area contributed by atoms with E-state index in [0.717, 1.165) is 12.1 Å². The van der Waals surface area contributed by atoms with Gasteiger partial charge in [0.1, 0.15) is 23.1 Å². The Labute approximate surface area is 168 Å². The molecule has 3 heterocycles. The number of amides is 3. The average molecular weight is 411 g/mol. The van der Waals surface area contributed by atoms with Gasteiger partial charge in [-0.2, -0.15) is 0 Å². The SMILES string of the molecule is O=C1CCC(c2nc3ccc(C(=O)N4CCc5c(F)cc(F)cc54)cc3o2)C(=O)N1. The minimum Gasteiger partial charge on any atom is -0.440 e. The summed E-state index contributed by atoms with van der Waals surface area (Å²) in [7, 11) is 0. The molecular formula is C21H15F2N3O4. The zero-order valence-electron chi connectivity index (χ0n) is 15.6. The summed E-state index contributed by atoms with van der Waals surface area (Å²) in [6.07, 6.45) is 0.794. The van der Waals surface area contributed by atoms with Crippen LogP contribution >= 0.6 is 0 Å². The van der Waals surface area contributed by atoms with Crippen molar-refractivity contribution in [3.63, 3.8) is 0 Å². The number of oxazole rings is 1. The van der Waals surface area contributed by atoms with Crippen LogP contribution in [0.25, 0.3) is 11.1 Å². The summed E-state index contributed by atoms with van der Waals surface area (Å²) in [6.45, 7) is 0.241. The molecule has 3 aromatic rings. The maximum Gasteiger partial charge on any atom is 0.258 e. The summed E-state index contributed by atoms with van der Waals surface area (Å²) in [5.74, 6) is -3.13. The summed E-state index contributed by atoms with van der Waals surface area (Å²) in [5.41, 5.74) is 1.58. The molecule has 2 aromatic carbocycles. The number of piperidine rings is 1. The van der Waals surface area contributed by atoms with E-state index in [4.69, 9.17) is 4.42 Å². The quantitative estimate of drug-likeness (QED) is 0.655. The number of carbonyl (C=O) groups excluding carboxylic acids is 3. The number of imide groups is 1. The van der Waals surface area contributed by atoms with Crippen molar-refractivity contribution in [2.24, 2.45) is 0 Å². The fourth-order valence-electron chi connectivity index (χ4n) is 3.94. The van der Waals surface area contributed by atoms with E-state index in [-0.39, 0.29) is 36.0 Å². The van der Waals surface area contributed by atoms with E-state index in [1.807, 2.05) is 0 Å². The van der Waals surface area contributed by atoms with Crippen LogP contribution in [-0.2, 0) is 16.0 Å². The van der Waals surface area contributed by atoms with Crippen LogP contribution in [0.1, 0.15) is 40.6 Å². The summed E-state index contributed by atoms with van der Waals surface area (Å²) in [5, 5.41) is 2.26. The zero-order valence-corrected chi connectivity index (χ0v) is 15.6. The van der Waals surface area contributed by atoms with Crippen molar-refractivity contribution in [1.82, 2.24) is 10.3 Å². The van der Waals surface area contributed by atoms with Crippen LogP contribution in [0.4, 0.5) is 14.5 Å². The molecule has 0 saturated carbocycles. The highest BCUT2D eigenvalue weighted by Crippen LogP contribution is 2.33. The fourth-order valence-corrected chi connectivity index (χ4v) is 3.94. The molecular weight excluding hydrogens is 396 g/mol. The van der Waals surface area contributed by atoms with Crippen molar-refractivity contribution in [3.05, 3.63) is 59.0 Å². The first-order chi connectivity index (χ1) is 14.4. The van der Waals surface area contributed by atoms with Crippen molar-refractivity contribution in [2.45, 2.75) is 25.2 Å². The Kier molecular flexibility index (Phi) is 4.12. The molecule has 30 heavy (non-hydrogen) atoms. The normalized spacial score (nSPS) is 18.6. The number of fused-ring (bicyclic) bond motifs is 2. The van der Waals surface area contributed by atoms with Crippen LogP contribution in [0.15, 0.2) is 34.7 Å². The lowest BCUT2D eigenvalue weighted by atomic mass is 9.98. The average Bonchev–Trinajstić information content (AvgIpc) is 3.30. The second-order valence-corrected chi connectivity index (χ2v) is 7.33. The van der Waals surface area contributed by atoms with E-state index < -0.39 is 29.4 Å². The molecule has 1 saturated heterocycles. The Morgan fingerprint density at radius 3 is 2.80 bits per heavy atom. The number of benzene rings is 2. The predicted octanol–water partition coefficient (Wildman–Crippen LogP) is 2.83. The molecule has 152 valence electrons. The van der Waals surface area contributed by atoms with Crippen LogP contribution < -0.4 is 10.2 Å². The Morgan fingerprint density at radius 1 is 1.17 bits per heavy atom. The van der Waals surface area contributed by atoms with E-state index in [9.17, 15) is 23.2 Å². The van der Waals surface area contributed by atoms with Gasteiger partial charge in [-0.1, -0.05) is 0 Å². The first-order valence-electron chi connectivity index (χ1n) is 9.44. The highest BCUT2D eigenvalue weighted by Gasteiger charge is 2.32. The van der Waals surface area contributed by atoms with Crippen LogP contribution in [0.2, 0.25) is 0 Å². The van der Waals surface area contributed by atoms with Gasteiger partial charge in [-0.25, -0.2) is 13.8 Å². The monoisotopic (exact) mass is 411 g/mol. The summed E-state index contributed by atoms with van der Waals surface area (Å²) in [4.78, 5) is 42.0. The number of aromatic nitrogens is 1. The summed E-state index contributed by atoms with van der Waals surface area (Å²) in [6, 6.07) is 6.59. The number of hydrogen-bond acceptors (Lipinski definition) is 5. The number of nitrogens with zero attached hydrogens (tertiary/aromatic N) is 2. The lowest BCUT2D eigenvalue weighted by molar-refractivity contribution is -0.134. The molecule has 2 aliphatic rings. The topological polar surface area (TPSA) is 92.5 Å². The van der Waals surface area contributed by atoms with E-state index in [2.05, 4.69) is 10.3 Å². The molecule has 1 unspecified atom stereocenters. The van der Waals surface area contributed by atoms with Gasteiger partial charge in [0.15, 0.2) is 5.58 Å². The van der Waals surface area contributed by atoms with Crippen LogP contribution in [0, 0.1) is 11.6 Å². The second-order valence-electron chi connectivity index (χ2n) is 7.33. The summed E-state index contributed by atoms with van der Waals surface area (Å²) >= 11 is 0. The zero-order chi connectivity index (χ0) is 21.0. The molecule has 1 aromatic heterocycles. The minimum atomic E-state index is -0.745. The van der Waals surface area contributed by atoms with Gasteiger partial charge in [-0.05, 0) is 37.1 Å². The van der Waals surface area contributed by atoms with Crippen LogP contribution in [0.3, 0.4) is 0 Å². The number of nitrogens with one attached hydrogen (secondary N) is 1. The number of halogens is 2. The van der Waals surface area contributed by atoms with Crippen LogP contribution in [0.5, 0.6) is 0 Å². The highest BCUT2D eigenvalue weighted by molar-refractivity contribution is 6.08. The molecule has 0 spiro atoms. The van der Waals surface area contributed by atoms with E-state index >= 15 is 0 Å². The molecule has 2 aliphatic heterocycles. The Bertz CT molecular complexity index is 1240. The molecule has 0 aliphatic carbocycles. The molecule has 7 nitrogen and oxygen atoms in total. The molecule has 1 N–H and O–H groups in total. The Hall–Kier alpha value is -3.62. The first-order valence-corrected chi connectivity index (χ1v) is 9.44. The van der Waals surface area contributed by atoms with Gasteiger partial charge < -0.3 is 9.32 Å². The molecule has 9 heteroatoms. The van der Waals surface area contributed by atoms with E-state index in [1.165, 1.54) is 11.0 Å². The molecule has 0 bridgehead atoms. The van der Waals surface area contributed by atoms with Gasteiger partial charge >= 0.3 is 0 Å². The van der Waals surface area contributed by atoms with Gasteiger partial charge in [0.05, 0.1) is 5.69 Å². The van der Waals surface area contributed by atoms with E-state index in [1.54, 1.807) is 12.1 Å². The van der Waals surface area contributed by atoms with Crippen molar-refractivity contribution < 1.29 is 27.6 Å². The standard InChI is InChI=1S/C21H15F2N3O4/c22-11-8-14(23)12-5-6-26(16(12)9-11)21(29)10-1-3-15-17(7-10)30-20(24-15)13-2-4-18(27)25-19(13)28/h1,3,7-9,13H,2,4-6H2,(H,25,27,28). The van der Waals surface area contributed by atoms with E-state index in [0.29, 0.717) is 29.5 Å². The lowest BCUT2D eigenvalue weighted by Crippen LogP contribution is -2.39. The molecule has 5 rings (SSSR count). The molecule has 1 fully saturated rings. The van der Waals surface area contributed by atoms with Crippen molar-refractivity contribution >= 4 is 34.5 Å². The van der Waals surface area contributed by atoms with Gasteiger partial charge in [-0.15, -0.1) is 0 Å². The molecule has 3 amide bonds. The van der Waals surface area contributed by atoms with Gasteiger partial charge in [-0.3, -0.25) is 19.7 Å². The molecule has 0 radical (unpaired) electrons. The number of carbonyl (C=O) groups is 3. The van der Waals surface area contributed by atoms with Gasteiger partial charge in [0.2, 0.25) is 17.7 Å². The Balaban J connectivity index is 1.46. The second kappa shape index (κ2) is 6.72. The number of rotatable bonds is 2.